The molecule has 1 aromatic carbocycles. The van der Waals surface area contributed by atoms with Crippen molar-refractivity contribution in [2.75, 3.05) is 6.54 Å². The van der Waals surface area contributed by atoms with E-state index in [0.717, 1.165) is 12.1 Å². The lowest BCUT2D eigenvalue weighted by Crippen LogP contribution is -2.28. The summed E-state index contributed by atoms with van der Waals surface area (Å²) in [6.07, 6.45) is -4.49. The summed E-state index contributed by atoms with van der Waals surface area (Å²) in [6.45, 7) is 1.96. The molecule has 0 amide bonds. The molecule has 17 heavy (non-hydrogen) atoms. The Balaban J connectivity index is 2.36. The van der Waals surface area contributed by atoms with Crippen LogP contribution in [0.25, 0.3) is 0 Å². The lowest BCUT2D eigenvalue weighted by Gasteiger charge is -2.22. The highest BCUT2D eigenvalue weighted by molar-refractivity contribution is 5.24. The molecular formula is C11H10F5N. The molecule has 1 nitrogen and oxygen atoms in total. The van der Waals surface area contributed by atoms with E-state index in [1.807, 2.05) is 0 Å². The molecule has 6 heteroatoms. The average molecular weight is 251 g/mol. The molecule has 2 unspecified atom stereocenters. The summed E-state index contributed by atoms with van der Waals surface area (Å²) in [5.74, 6) is -2.40. The summed E-state index contributed by atoms with van der Waals surface area (Å²) in [5.41, 5.74) is -0.263. The summed E-state index contributed by atoms with van der Waals surface area (Å²) in [4.78, 5) is 1.19. The predicted molar refractivity (Wildman–Crippen MR) is 51.3 cm³/mol. The minimum atomic E-state index is -4.49. The molecule has 0 aromatic heterocycles. The van der Waals surface area contributed by atoms with E-state index in [0.29, 0.717) is 12.6 Å². The third-order valence-electron chi connectivity index (χ3n) is 2.81. The molecule has 1 fully saturated rings. The van der Waals surface area contributed by atoms with Crippen molar-refractivity contribution in [2.45, 2.75) is 25.2 Å². The van der Waals surface area contributed by atoms with E-state index in [2.05, 4.69) is 0 Å². The summed E-state index contributed by atoms with van der Waals surface area (Å²) >= 11 is 0. The van der Waals surface area contributed by atoms with Gasteiger partial charge in [-0.2, -0.15) is 13.2 Å². The Labute approximate surface area is 94.8 Å². The standard InChI is InChI=1S/C11H10F5N/c1-6-5-17(6)10(11(14,15)16)7-2-3-8(12)9(13)4-7/h2-4,6,10H,5H2,1H3/t6?,10-,17?/m1/s1. The third-order valence-corrected chi connectivity index (χ3v) is 2.81. The normalized spacial score (nSPS) is 25.8. The number of benzene rings is 1. The molecule has 0 bridgehead atoms. The molecule has 1 saturated heterocycles. The van der Waals surface area contributed by atoms with E-state index >= 15 is 0 Å². The van der Waals surface area contributed by atoms with Crippen molar-refractivity contribution in [1.29, 1.82) is 0 Å². The lowest BCUT2D eigenvalue weighted by molar-refractivity contribution is -0.172. The van der Waals surface area contributed by atoms with Gasteiger partial charge in [-0.3, -0.25) is 4.90 Å². The summed E-state index contributed by atoms with van der Waals surface area (Å²) in [7, 11) is 0. The van der Waals surface area contributed by atoms with Gasteiger partial charge in [-0.15, -0.1) is 0 Å². The van der Waals surface area contributed by atoms with Crippen LogP contribution in [-0.2, 0) is 0 Å². The average Bonchev–Trinajstić information content (AvgIpc) is 2.87. The van der Waals surface area contributed by atoms with Gasteiger partial charge in [0.05, 0.1) is 0 Å². The van der Waals surface area contributed by atoms with Crippen molar-refractivity contribution in [3.8, 4) is 0 Å². The van der Waals surface area contributed by atoms with Gasteiger partial charge >= 0.3 is 6.18 Å². The van der Waals surface area contributed by atoms with Crippen molar-refractivity contribution in [1.82, 2.24) is 4.90 Å². The fourth-order valence-corrected chi connectivity index (χ4v) is 1.87. The van der Waals surface area contributed by atoms with Gasteiger partial charge in [0.25, 0.3) is 0 Å². The highest BCUT2D eigenvalue weighted by atomic mass is 19.4. The van der Waals surface area contributed by atoms with Gasteiger partial charge in [-0.05, 0) is 24.6 Å². The van der Waals surface area contributed by atoms with E-state index in [1.165, 1.54) is 4.90 Å². The largest absolute Gasteiger partial charge is 0.408 e. The van der Waals surface area contributed by atoms with Crippen LogP contribution in [0.5, 0.6) is 0 Å². The van der Waals surface area contributed by atoms with E-state index in [9.17, 15) is 22.0 Å². The van der Waals surface area contributed by atoms with Crippen LogP contribution < -0.4 is 0 Å². The molecule has 0 spiro atoms. The molecule has 1 aliphatic heterocycles. The Morgan fingerprint density at radius 3 is 2.24 bits per heavy atom. The topological polar surface area (TPSA) is 3.01 Å². The number of halogens is 5. The van der Waals surface area contributed by atoms with Crippen LogP contribution in [-0.4, -0.2) is 23.7 Å². The molecule has 0 saturated carbocycles. The molecule has 0 N–H and O–H groups in total. The first-order valence-electron chi connectivity index (χ1n) is 5.08. The quantitative estimate of drug-likeness (QED) is 0.576. The zero-order valence-electron chi connectivity index (χ0n) is 8.93. The Morgan fingerprint density at radius 2 is 1.82 bits per heavy atom. The van der Waals surface area contributed by atoms with Crippen LogP contribution in [0.4, 0.5) is 22.0 Å². The van der Waals surface area contributed by atoms with Crippen LogP contribution >= 0.6 is 0 Å². The van der Waals surface area contributed by atoms with Crippen molar-refractivity contribution in [3.63, 3.8) is 0 Å². The Morgan fingerprint density at radius 1 is 1.24 bits per heavy atom. The summed E-state index contributed by atoms with van der Waals surface area (Å²) in [5, 5.41) is 0. The summed E-state index contributed by atoms with van der Waals surface area (Å²) in [6, 6.07) is 0.264. The fourth-order valence-electron chi connectivity index (χ4n) is 1.87. The van der Waals surface area contributed by atoms with Crippen LogP contribution in [0, 0.1) is 11.6 Å². The second kappa shape index (κ2) is 3.94. The van der Waals surface area contributed by atoms with Gasteiger partial charge in [0.2, 0.25) is 0 Å². The highest BCUT2D eigenvalue weighted by Crippen LogP contribution is 2.43. The maximum Gasteiger partial charge on any atom is 0.408 e. The molecule has 0 radical (unpaired) electrons. The van der Waals surface area contributed by atoms with E-state index < -0.39 is 23.9 Å². The zero-order chi connectivity index (χ0) is 12.8. The minimum absolute atomic E-state index is 0.185. The van der Waals surface area contributed by atoms with Crippen LogP contribution in [0.1, 0.15) is 18.5 Å². The van der Waals surface area contributed by atoms with Crippen LogP contribution in [0.15, 0.2) is 18.2 Å². The number of hydrogen-bond acceptors (Lipinski definition) is 1. The SMILES string of the molecule is CC1CN1[C@H](c1ccc(F)c(F)c1)C(F)(F)F. The van der Waals surface area contributed by atoms with Crippen LogP contribution in [0.3, 0.4) is 0 Å². The third kappa shape index (κ3) is 2.41. The minimum Gasteiger partial charge on any atom is -0.283 e. The molecule has 94 valence electrons. The maximum atomic E-state index is 12.9. The molecule has 1 aliphatic rings. The van der Waals surface area contributed by atoms with Crippen molar-refractivity contribution in [3.05, 3.63) is 35.4 Å². The molecule has 0 aliphatic carbocycles. The first kappa shape index (κ1) is 12.3. The van der Waals surface area contributed by atoms with Gasteiger partial charge in [0.15, 0.2) is 11.6 Å². The molecule has 1 aromatic rings. The van der Waals surface area contributed by atoms with E-state index in [4.69, 9.17) is 0 Å². The second-order valence-corrected chi connectivity index (χ2v) is 4.16. The van der Waals surface area contributed by atoms with Gasteiger partial charge < -0.3 is 0 Å². The Kier molecular flexibility index (Phi) is 2.85. The predicted octanol–water partition coefficient (Wildman–Crippen LogP) is 3.27. The number of rotatable bonds is 2. The smallest absolute Gasteiger partial charge is 0.283 e. The molecule has 1 heterocycles. The van der Waals surface area contributed by atoms with Gasteiger partial charge in [0, 0.05) is 12.6 Å². The van der Waals surface area contributed by atoms with Crippen molar-refractivity contribution in [2.24, 2.45) is 0 Å². The monoisotopic (exact) mass is 251 g/mol. The maximum absolute atomic E-state index is 12.9. The lowest BCUT2D eigenvalue weighted by atomic mass is 10.1. The van der Waals surface area contributed by atoms with Gasteiger partial charge in [-0.25, -0.2) is 8.78 Å². The number of alkyl halides is 3. The Bertz CT molecular complexity index is 428. The van der Waals surface area contributed by atoms with E-state index in [-0.39, 0.29) is 11.6 Å². The second-order valence-electron chi connectivity index (χ2n) is 4.16. The molecular weight excluding hydrogens is 241 g/mol. The van der Waals surface area contributed by atoms with Crippen LogP contribution in [0.2, 0.25) is 0 Å². The number of hydrogen-bond donors (Lipinski definition) is 0. The van der Waals surface area contributed by atoms with Gasteiger partial charge in [-0.1, -0.05) is 6.07 Å². The number of nitrogens with zero attached hydrogens (tertiary/aromatic N) is 1. The van der Waals surface area contributed by atoms with E-state index in [1.54, 1.807) is 6.92 Å². The first-order valence-corrected chi connectivity index (χ1v) is 5.08. The first-order chi connectivity index (χ1) is 7.80. The van der Waals surface area contributed by atoms with Crippen molar-refractivity contribution < 1.29 is 22.0 Å². The molecule has 2 rings (SSSR count). The van der Waals surface area contributed by atoms with Crippen molar-refractivity contribution >= 4 is 0 Å². The Hall–Kier alpha value is -1.17. The fraction of sp³-hybridized carbons (Fsp3) is 0.455. The zero-order valence-corrected chi connectivity index (χ0v) is 8.93. The van der Waals surface area contributed by atoms with Gasteiger partial charge in [0.1, 0.15) is 6.04 Å². The molecule has 3 atom stereocenters. The highest BCUT2D eigenvalue weighted by Gasteiger charge is 2.51. The summed E-state index contributed by atoms with van der Waals surface area (Å²) < 4.78 is 64.2.